The quantitative estimate of drug-likeness (QED) is 0.876. The van der Waals surface area contributed by atoms with Gasteiger partial charge in [0.2, 0.25) is 0 Å². The van der Waals surface area contributed by atoms with E-state index in [1.807, 2.05) is 43.3 Å². The van der Waals surface area contributed by atoms with Crippen LogP contribution in [-0.4, -0.2) is 25.0 Å². The van der Waals surface area contributed by atoms with Gasteiger partial charge in [0.25, 0.3) is 5.91 Å². The number of nitrogens with zero attached hydrogens (tertiary/aromatic N) is 2. The molecule has 0 saturated heterocycles. The van der Waals surface area contributed by atoms with Gasteiger partial charge in [-0.15, -0.1) is 0 Å². The largest absolute Gasteiger partial charge is 0.378 e. The van der Waals surface area contributed by atoms with Gasteiger partial charge in [0.15, 0.2) is 0 Å². The molecule has 0 bridgehead atoms. The van der Waals surface area contributed by atoms with Gasteiger partial charge in [0, 0.05) is 31.7 Å². The zero-order valence-corrected chi connectivity index (χ0v) is 11.5. The van der Waals surface area contributed by atoms with Crippen molar-refractivity contribution in [2.75, 3.05) is 24.3 Å². The molecule has 0 aliphatic carbocycles. The van der Waals surface area contributed by atoms with Crippen LogP contribution in [-0.2, 0) is 0 Å². The standard InChI is InChI=1S/C14H14ClN3O/c1-18(2)11-7-5-10(6-8-11)17-14(19)12-4-3-9-16-13(12)15/h3-9H,1-2H3,(H,17,19). The summed E-state index contributed by atoms with van der Waals surface area (Å²) in [6, 6.07) is 10.9. The van der Waals surface area contributed by atoms with E-state index in [1.165, 1.54) is 0 Å². The Kier molecular flexibility index (Phi) is 4.02. The number of halogens is 1. The summed E-state index contributed by atoms with van der Waals surface area (Å²) >= 11 is 5.87. The van der Waals surface area contributed by atoms with Crippen molar-refractivity contribution in [1.29, 1.82) is 0 Å². The topological polar surface area (TPSA) is 45.2 Å². The second kappa shape index (κ2) is 5.71. The minimum Gasteiger partial charge on any atom is -0.378 e. The molecule has 0 spiro atoms. The third-order valence-electron chi connectivity index (χ3n) is 2.65. The second-order valence-electron chi connectivity index (χ2n) is 4.24. The smallest absolute Gasteiger partial charge is 0.258 e. The first-order valence-electron chi connectivity index (χ1n) is 5.77. The molecule has 19 heavy (non-hydrogen) atoms. The zero-order chi connectivity index (χ0) is 13.8. The molecule has 0 aliphatic rings. The summed E-state index contributed by atoms with van der Waals surface area (Å²) in [6.07, 6.45) is 1.55. The monoisotopic (exact) mass is 275 g/mol. The first kappa shape index (κ1) is 13.4. The lowest BCUT2D eigenvalue weighted by molar-refractivity contribution is 0.102. The van der Waals surface area contributed by atoms with Crippen molar-refractivity contribution in [2.24, 2.45) is 0 Å². The Labute approximate surface area is 117 Å². The van der Waals surface area contributed by atoms with Crippen LogP contribution in [0, 0.1) is 0 Å². The Morgan fingerprint density at radius 3 is 2.47 bits per heavy atom. The maximum absolute atomic E-state index is 12.0. The van der Waals surface area contributed by atoms with E-state index >= 15 is 0 Å². The molecule has 0 fully saturated rings. The SMILES string of the molecule is CN(C)c1ccc(NC(=O)c2cccnc2Cl)cc1. The third kappa shape index (κ3) is 3.23. The van der Waals surface area contributed by atoms with Crippen LogP contribution < -0.4 is 10.2 Å². The van der Waals surface area contributed by atoms with Crippen LogP contribution >= 0.6 is 11.6 Å². The van der Waals surface area contributed by atoms with Crippen molar-refractivity contribution < 1.29 is 4.79 Å². The summed E-state index contributed by atoms with van der Waals surface area (Å²) in [7, 11) is 3.92. The molecule has 0 radical (unpaired) electrons. The lowest BCUT2D eigenvalue weighted by atomic mass is 10.2. The lowest BCUT2D eigenvalue weighted by Gasteiger charge is -2.13. The molecular formula is C14H14ClN3O. The van der Waals surface area contributed by atoms with E-state index in [2.05, 4.69) is 10.3 Å². The van der Waals surface area contributed by atoms with Crippen LogP contribution in [0.5, 0.6) is 0 Å². The molecule has 0 unspecified atom stereocenters. The molecule has 1 amide bonds. The number of anilines is 2. The van der Waals surface area contributed by atoms with E-state index in [0.29, 0.717) is 5.56 Å². The van der Waals surface area contributed by atoms with Crippen LogP contribution in [0.3, 0.4) is 0 Å². The minimum absolute atomic E-state index is 0.199. The number of nitrogens with one attached hydrogen (secondary N) is 1. The number of hydrogen-bond donors (Lipinski definition) is 1. The van der Waals surface area contributed by atoms with Crippen LogP contribution in [0.4, 0.5) is 11.4 Å². The summed E-state index contributed by atoms with van der Waals surface area (Å²) in [5, 5.41) is 2.98. The van der Waals surface area contributed by atoms with Gasteiger partial charge >= 0.3 is 0 Å². The number of carbonyl (C=O) groups is 1. The molecular weight excluding hydrogens is 262 g/mol. The predicted octanol–water partition coefficient (Wildman–Crippen LogP) is 3.05. The predicted molar refractivity (Wildman–Crippen MR) is 78.0 cm³/mol. The van der Waals surface area contributed by atoms with Gasteiger partial charge in [-0.3, -0.25) is 4.79 Å². The summed E-state index contributed by atoms with van der Waals surface area (Å²) in [5.41, 5.74) is 2.15. The van der Waals surface area contributed by atoms with Crippen LogP contribution in [0.1, 0.15) is 10.4 Å². The molecule has 2 aromatic rings. The van der Waals surface area contributed by atoms with Crippen LogP contribution in [0.25, 0.3) is 0 Å². The number of carbonyl (C=O) groups excluding carboxylic acids is 1. The second-order valence-corrected chi connectivity index (χ2v) is 4.60. The minimum atomic E-state index is -0.268. The molecule has 0 aliphatic heterocycles. The van der Waals surface area contributed by atoms with Gasteiger partial charge in [-0.1, -0.05) is 11.6 Å². The fraction of sp³-hybridized carbons (Fsp3) is 0.143. The highest BCUT2D eigenvalue weighted by molar-refractivity contribution is 6.33. The van der Waals surface area contributed by atoms with Gasteiger partial charge in [0.05, 0.1) is 5.56 Å². The van der Waals surface area contributed by atoms with E-state index in [0.717, 1.165) is 11.4 Å². The van der Waals surface area contributed by atoms with Crippen molar-refractivity contribution in [3.8, 4) is 0 Å². The third-order valence-corrected chi connectivity index (χ3v) is 2.95. The average molecular weight is 276 g/mol. The number of hydrogen-bond acceptors (Lipinski definition) is 3. The van der Waals surface area contributed by atoms with Crippen molar-refractivity contribution in [3.05, 3.63) is 53.3 Å². The molecule has 0 atom stereocenters. The van der Waals surface area contributed by atoms with Crippen molar-refractivity contribution in [2.45, 2.75) is 0 Å². The van der Waals surface area contributed by atoms with E-state index < -0.39 is 0 Å². The van der Waals surface area contributed by atoms with Crippen LogP contribution in [0.15, 0.2) is 42.6 Å². The molecule has 1 N–H and O–H groups in total. The van der Waals surface area contributed by atoms with Crippen molar-refractivity contribution in [1.82, 2.24) is 4.98 Å². The maximum atomic E-state index is 12.0. The Hall–Kier alpha value is -2.07. The van der Waals surface area contributed by atoms with E-state index in [1.54, 1.807) is 18.3 Å². The average Bonchev–Trinajstić information content (AvgIpc) is 2.39. The summed E-state index contributed by atoms with van der Waals surface area (Å²) < 4.78 is 0. The van der Waals surface area contributed by atoms with Crippen LogP contribution in [0.2, 0.25) is 5.15 Å². The summed E-state index contributed by atoms with van der Waals surface area (Å²) in [4.78, 5) is 17.9. The zero-order valence-electron chi connectivity index (χ0n) is 10.7. The number of benzene rings is 1. The molecule has 1 aromatic carbocycles. The highest BCUT2D eigenvalue weighted by Gasteiger charge is 2.10. The first-order chi connectivity index (χ1) is 9.08. The summed E-state index contributed by atoms with van der Waals surface area (Å²) in [5.74, 6) is -0.268. The number of amides is 1. The van der Waals surface area contributed by atoms with Gasteiger partial charge in [-0.05, 0) is 36.4 Å². The fourth-order valence-electron chi connectivity index (χ4n) is 1.60. The highest BCUT2D eigenvalue weighted by Crippen LogP contribution is 2.18. The number of rotatable bonds is 3. The Bertz CT molecular complexity index is 581. The molecule has 1 aromatic heterocycles. The van der Waals surface area contributed by atoms with Gasteiger partial charge in [-0.2, -0.15) is 0 Å². The Morgan fingerprint density at radius 1 is 1.21 bits per heavy atom. The number of pyridine rings is 1. The van der Waals surface area contributed by atoms with E-state index in [4.69, 9.17) is 11.6 Å². The van der Waals surface area contributed by atoms with Crippen molar-refractivity contribution in [3.63, 3.8) is 0 Å². The molecule has 0 saturated carbocycles. The molecule has 5 heteroatoms. The van der Waals surface area contributed by atoms with Gasteiger partial charge in [-0.25, -0.2) is 4.98 Å². The first-order valence-corrected chi connectivity index (χ1v) is 6.15. The normalized spacial score (nSPS) is 10.1. The fourth-order valence-corrected chi connectivity index (χ4v) is 1.80. The molecule has 98 valence electrons. The molecule has 2 rings (SSSR count). The molecule has 1 heterocycles. The Morgan fingerprint density at radius 2 is 1.89 bits per heavy atom. The maximum Gasteiger partial charge on any atom is 0.258 e. The summed E-state index contributed by atoms with van der Waals surface area (Å²) in [6.45, 7) is 0. The number of aromatic nitrogens is 1. The Balaban J connectivity index is 2.13. The highest BCUT2D eigenvalue weighted by atomic mass is 35.5. The van der Waals surface area contributed by atoms with E-state index in [-0.39, 0.29) is 11.1 Å². The van der Waals surface area contributed by atoms with Gasteiger partial charge < -0.3 is 10.2 Å². The van der Waals surface area contributed by atoms with E-state index in [9.17, 15) is 4.79 Å². The van der Waals surface area contributed by atoms with Crippen molar-refractivity contribution >= 4 is 28.9 Å². The lowest BCUT2D eigenvalue weighted by Crippen LogP contribution is -2.13. The van der Waals surface area contributed by atoms with Gasteiger partial charge in [0.1, 0.15) is 5.15 Å². The molecule has 4 nitrogen and oxygen atoms in total.